The van der Waals surface area contributed by atoms with Gasteiger partial charge in [-0.3, -0.25) is 0 Å². The highest BCUT2D eigenvalue weighted by molar-refractivity contribution is 7.33. The van der Waals surface area contributed by atoms with Crippen LogP contribution < -0.4 is 0 Å². The molecule has 0 unspecified atom stereocenters. The fourth-order valence-electron chi connectivity index (χ4n) is 8.02. The van der Waals surface area contributed by atoms with Gasteiger partial charge in [-0.05, 0) is 94.7 Å². The van der Waals surface area contributed by atoms with Crippen molar-refractivity contribution < 1.29 is 0 Å². The SMILES string of the molecule is CCCCCCCCCCCCc1c(-c2cc3sccc3s2)sc2cc3c(CCCCCCCCCCCC)c(-c4cc5sccc5s4)sc3cc12. The van der Waals surface area contributed by atoms with Crippen molar-refractivity contribution in [1.82, 2.24) is 0 Å². The number of thiophene rings is 6. The second-order valence-electron chi connectivity index (χ2n) is 15.0. The summed E-state index contributed by atoms with van der Waals surface area (Å²) >= 11 is 12.0. The van der Waals surface area contributed by atoms with E-state index in [9.17, 15) is 0 Å². The standard InChI is InChI=1S/C46H58S6/c1-3-5-7-9-11-13-15-17-19-21-23-33-35-29-40-36(30-39(35)51-45(33)43-31-41-37(49-43)25-27-47-41)34(24-22-20-18-16-14-12-10-8-6-4-2)46(52-40)44-32-42-38(50-44)26-28-48-42/h25-32H,3-24H2,1-2H3. The molecule has 0 aliphatic heterocycles. The molecule has 0 aliphatic rings. The molecule has 278 valence electrons. The molecule has 0 aliphatic carbocycles. The topological polar surface area (TPSA) is 0 Å². The fourth-order valence-corrected chi connectivity index (χ4v) is 15.0. The molecule has 0 N–H and O–H groups in total. The Morgan fingerprint density at radius 2 is 0.731 bits per heavy atom. The summed E-state index contributed by atoms with van der Waals surface area (Å²) in [5.74, 6) is 0. The number of aryl methyl sites for hydroxylation is 2. The second-order valence-corrected chi connectivity index (χ2v) is 21.2. The van der Waals surface area contributed by atoms with Crippen LogP contribution in [0.5, 0.6) is 0 Å². The molecule has 1 aromatic carbocycles. The van der Waals surface area contributed by atoms with Crippen molar-refractivity contribution >= 4 is 107 Å². The van der Waals surface area contributed by atoms with Crippen LogP contribution in [0.4, 0.5) is 0 Å². The quantitative estimate of drug-likeness (QED) is 0.0534. The lowest BCUT2D eigenvalue weighted by Gasteiger charge is -2.06. The molecule has 0 saturated carbocycles. The third-order valence-corrected chi connectivity index (χ3v) is 17.9. The Labute approximate surface area is 337 Å². The van der Waals surface area contributed by atoms with Crippen LogP contribution in [0.1, 0.15) is 153 Å². The molecule has 0 atom stereocenters. The first-order valence-corrected chi connectivity index (χ1v) is 25.7. The molecular weight excluding hydrogens is 745 g/mol. The number of unbranched alkanes of at least 4 members (excludes halogenated alkanes) is 18. The highest BCUT2D eigenvalue weighted by Gasteiger charge is 2.21. The van der Waals surface area contributed by atoms with Gasteiger partial charge in [-0.25, -0.2) is 0 Å². The molecule has 0 nitrogen and oxygen atoms in total. The lowest BCUT2D eigenvalue weighted by molar-refractivity contribution is 0.556. The van der Waals surface area contributed by atoms with Gasteiger partial charge in [0.1, 0.15) is 0 Å². The summed E-state index contributed by atoms with van der Waals surface area (Å²) in [6.07, 6.45) is 30.2. The van der Waals surface area contributed by atoms with E-state index in [-0.39, 0.29) is 0 Å². The van der Waals surface area contributed by atoms with E-state index < -0.39 is 0 Å². The van der Waals surface area contributed by atoms with Gasteiger partial charge in [0.05, 0.1) is 0 Å². The second kappa shape index (κ2) is 19.9. The van der Waals surface area contributed by atoms with E-state index in [1.165, 1.54) is 190 Å². The first-order valence-electron chi connectivity index (χ1n) is 20.7. The molecule has 0 saturated heterocycles. The Hall–Kier alpha value is -1.54. The first-order chi connectivity index (χ1) is 25.7. The van der Waals surface area contributed by atoms with E-state index in [0.29, 0.717) is 0 Å². The zero-order valence-electron chi connectivity index (χ0n) is 31.6. The van der Waals surface area contributed by atoms with Crippen molar-refractivity contribution in [2.45, 2.75) is 155 Å². The highest BCUT2D eigenvalue weighted by Crippen LogP contribution is 2.50. The minimum atomic E-state index is 1.20. The number of rotatable bonds is 24. The predicted molar refractivity (Wildman–Crippen MR) is 246 cm³/mol. The van der Waals surface area contributed by atoms with Crippen LogP contribution in [-0.4, -0.2) is 0 Å². The van der Waals surface area contributed by atoms with Gasteiger partial charge in [0.25, 0.3) is 0 Å². The van der Waals surface area contributed by atoms with Gasteiger partial charge < -0.3 is 0 Å². The molecule has 6 heteroatoms. The number of benzene rings is 1. The first kappa shape index (κ1) is 38.7. The highest BCUT2D eigenvalue weighted by atomic mass is 32.1. The maximum Gasteiger partial charge on any atom is 0.0487 e. The van der Waals surface area contributed by atoms with Gasteiger partial charge in [0, 0.05) is 47.7 Å². The Balaban J connectivity index is 1.12. The molecule has 7 aromatic rings. The van der Waals surface area contributed by atoms with Crippen molar-refractivity contribution in [3.05, 3.63) is 58.3 Å². The average Bonchev–Trinajstić information content (AvgIpc) is 3.99. The molecule has 0 fully saturated rings. The van der Waals surface area contributed by atoms with E-state index >= 15 is 0 Å². The summed E-state index contributed by atoms with van der Waals surface area (Å²) in [5.41, 5.74) is 3.25. The fraction of sp³-hybridized carbons (Fsp3) is 0.522. The number of fused-ring (bicyclic) bond motifs is 4. The maximum atomic E-state index is 2.62. The minimum Gasteiger partial charge on any atom is -0.143 e. The Bertz CT molecular complexity index is 1900. The van der Waals surface area contributed by atoms with Crippen molar-refractivity contribution in [3.63, 3.8) is 0 Å². The summed E-state index contributed by atoms with van der Waals surface area (Å²) < 4.78 is 8.79. The zero-order valence-corrected chi connectivity index (χ0v) is 36.5. The number of hydrogen-bond donors (Lipinski definition) is 0. The smallest absolute Gasteiger partial charge is 0.0487 e. The molecule has 0 amide bonds. The van der Waals surface area contributed by atoms with Crippen LogP contribution in [-0.2, 0) is 12.8 Å². The summed E-state index contributed by atoms with van der Waals surface area (Å²) in [5, 5.41) is 7.57. The van der Waals surface area contributed by atoms with Crippen LogP contribution in [0.2, 0.25) is 0 Å². The zero-order chi connectivity index (χ0) is 35.5. The normalized spacial score (nSPS) is 12.2. The van der Waals surface area contributed by atoms with Crippen LogP contribution in [0.25, 0.3) is 58.5 Å². The Kier molecular flexibility index (Phi) is 14.8. The van der Waals surface area contributed by atoms with E-state index in [0.717, 1.165) is 0 Å². The monoisotopic (exact) mass is 802 g/mol. The van der Waals surface area contributed by atoms with Crippen molar-refractivity contribution in [2.75, 3.05) is 0 Å². The molecular formula is C46H58S6. The van der Waals surface area contributed by atoms with Crippen molar-refractivity contribution in [1.29, 1.82) is 0 Å². The predicted octanol–water partition coefficient (Wildman–Crippen LogP) is 18.9. The average molecular weight is 803 g/mol. The van der Waals surface area contributed by atoms with Crippen LogP contribution in [0.3, 0.4) is 0 Å². The van der Waals surface area contributed by atoms with Crippen LogP contribution in [0.15, 0.2) is 47.2 Å². The Morgan fingerprint density at radius 3 is 1.10 bits per heavy atom. The third-order valence-electron chi connectivity index (χ3n) is 11.0. The lowest BCUT2D eigenvalue weighted by Crippen LogP contribution is -1.89. The molecule has 52 heavy (non-hydrogen) atoms. The van der Waals surface area contributed by atoms with Crippen LogP contribution >= 0.6 is 68.0 Å². The van der Waals surface area contributed by atoms with Crippen LogP contribution in [0, 0.1) is 0 Å². The molecule has 6 heterocycles. The maximum absolute atomic E-state index is 2.62. The van der Waals surface area contributed by atoms with Crippen molar-refractivity contribution in [3.8, 4) is 19.5 Å². The van der Waals surface area contributed by atoms with Gasteiger partial charge in [-0.2, -0.15) is 0 Å². The summed E-state index contributed by atoms with van der Waals surface area (Å²) in [6.45, 7) is 4.63. The Morgan fingerprint density at radius 1 is 0.365 bits per heavy atom. The van der Waals surface area contributed by atoms with Gasteiger partial charge in [0.15, 0.2) is 0 Å². The molecule has 0 spiro atoms. The summed E-state index contributed by atoms with van der Waals surface area (Å²) in [7, 11) is 0. The van der Waals surface area contributed by atoms with Gasteiger partial charge in [-0.15, -0.1) is 68.0 Å². The van der Waals surface area contributed by atoms with Gasteiger partial charge >= 0.3 is 0 Å². The number of hydrogen-bond acceptors (Lipinski definition) is 6. The van der Waals surface area contributed by atoms with Gasteiger partial charge in [-0.1, -0.05) is 129 Å². The van der Waals surface area contributed by atoms with Crippen molar-refractivity contribution in [2.24, 2.45) is 0 Å². The van der Waals surface area contributed by atoms with Gasteiger partial charge in [0.2, 0.25) is 0 Å². The molecule has 7 rings (SSSR count). The molecule has 6 aromatic heterocycles. The minimum absolute atomic E-state index is 1.20. The van der Waals surface area contributed by atoms with E-state index in [2.05, 4.69) is 83.7 Å². The largest absolute Gasteiger partial charge is 0.143 e. The van der Waals surface area contributed by atoms with E-state index in [4.69, 9.17) is 0 Å². The van der Waals surface area contributed by atoms with E-state index in [1.807, 2.05) is 45.3 Å². The summed E-state index contributed by atoms with van der Waals surface area (Å²) in [6, 6.07) is 14.8. The lowest BCUT2D eigenvalue weighted by atomic mass is 9.98. The summed E-state index contributed by atoms with van der Waals surface area (Å²) in [4.78, 5) is 6.07. The third kappa shape index (κ3) is 9.63. The van der Waals surface area contributed by atoms with E-state index in [1.54, 1.807) is 20.9 Å². The molecule has 0 radical (unpaired) electrons. The molecule has 0 bridgehead atoms.